The van der Waals surface area contributed by atoms with Gasteiger partial charge in [0, 0.05) is 24.8 Å². The van der Waals surface area contributed by atoms with Gasteiger partial charge < -0.3 is 15.5 Å². The van der Waals surface area contributed by atoms with Crippen LogP contribution in [0.4, 0.5) is 10.5 Å². The monoisotopic (exact) mass is 270 g/mol. The van der Waals surface area contributed by atoms with Gasteiger partial charge in [0.25, 0.3) is 0 Å². The first kappa shape index (κ1) is 12.9. The summed E-state index contributed by atoms with van der Waals surface area (Å²) >= 11 is 0. The van der Waals surface area contributed by atoms with E-state index >= 15 is 0 Å². The first-order valence-corrected chi connectivity index (χ1v) is 7.06. The van der Waals surface area contributed by atoms with Gasteiger partial charge >= 0.3 is 6.03 Å². The van der Waals surface area contributed by atoms with E-state index in [4.69, 9.17) is 5.26 Å². The molecule has 1 aromatic rings. The molecular weight excluding hydrogens is 252 g/mol. The van der Waals surface area contributed by atoms with Gasteiger partial charge in [0.15, 0.2) is 0 Å². The molecule has 0 aliphatic carbocycles. The van der Waals surface area contributed by atoms with Gasteiger partial charge in [-0.2, -0.15) is 5.26 Å². The highest BCUT2D eigenvalue weighted by Gasteiger charge is 2.34. The number of rotatable bonds is 1. The summed E-state index contributed by atoms with van der Waals surface area (Å²) in [6.07, 6.45) is 2.19. The molecule has 3 rings (SSSR count). The zero-order valence-corrected chi connectivity index (χ0v) is 11.3. The number of carbonyl (C=O) groups is 1. The van der Waals surface area contributed by atoms with Crippen molar-refractivity contribution < 1.29 is 4.79 Å². The topological polar surface area (TPSA) is 68.2 Å². The van der Waals surface area contributed by atoms with Crippen LogP contribution in [0.3, 0.4) is 0 Å². The van der Waals surface area contributed by atoms with Crippen molar-refractivity contribution in [2.24, 2.45) is 5.92 Å². The molecule has 2 atom stereocenters. The number of carbonyl (C=O) groups excluding carboxylic acids is 1. The molecule has 2 N–H and O–H groups in total. The summed E-state index contributed by atoms with van der Waals surface area (Å²) in [5, 5.41) is 15.1. The SMILES string of the molecule is N#Cc1ccc(NC(=O)N2CCC3NCCC3C2)cc1. The minimum atomic E-state index is -0.0416. The number of amides is 2. The van der Waals surface area contributed by atoms with Gasteiger partial charge in [-0.1, -0.05) is 0 Å². The number of benzene rings is 1. The van der Waals surface area contributed by atoms with Crippen molar-refractivity contribution in [2.45, 2.75) is 18.9 Å². The summed E-state index contributed by atoms with van der Waals surface area (Å²) in [4.78, 5) is 14.1. The number of nitriles is 1. The molecule has 2 saturated heterocycles. The molecule has 2 amide bonds. The summed E-state index contributed by atoms with van der Waals surface area (Å²) in [6, 6.07) is 9.57. The van der Waals surface area contributed by atoms with Gasteiger partial charge in [0.1, 0.15) is 0 Å². The van der Waals surface area contributed by atoms with Gasteiger partial charge in [-0.3, -0.25) is 0 Å². The van der Waals surface area contributed by atoms with Crippen molar-refractivity contribution >= 4 is 11.7 Å². The van der Waals surface area contributed by atoms with E-state index in [1.165, 1.54) is 0 Å². The Bertz CT molecular complexity index is 534. The summed E-state index contributed by atoms with van der Waals surface area (Å²) in [5.41, 5.74) is 1.33. The van der Waals surface area contributed by atoms with Gasteiger partial charge in [-0.05, 0) is 49.6 Å². The second kappa shape index (κ2) is 5.51. The summed E-state index contributed by atoms with van der Waals surface area (Å²) < 4.78 is 0. The first-order chi connectivity index (χ1) is 9.76. The normalized spacial score (nSPS) is 24.9. The molecule has 5 heteroatoms. The Morgan fingerprint density at radius 2 is 2.15 bits per heavy atom. The molecule has 2 aliphatic rings. The highest BCUT2D eigenvalue weighted by molar-refractivity contribution is 5.89. The summed E-state index contributed by atoms with van der Waals surface area (Å²) in [6.45, 7) is 2.70. The third-order valence-corrected chi connectivity index (χ3v) is 4.21. The number of hydrogen-bond acceptors (Lipinski definition) is 3. The van der Waals surface area contributed by atoms with Crippen molar-refractivity contribution in [3.05, 3.63) is 29.8 Å². The van der Waals surface area contributed by atoms with E-state index in [1.54, 1.807) is 24.3 Å². The third kappa shape index (κ3) is 2.61. The fourth-order valence-corrected chi connectivity index (χ4v) is 3.06. The number of urea groups is 1. The molecule has 0 saturated carbocycles. The molecule has 1 aromatic carbocycles. The molecule has 20 heavy (non-hydrogen) atoms. The largest absolute Gasteiger partial charge is 0.324 e. The number of anilines is 1. The molecule has 2 unspecified atom stereocenters. The van der Waals surface area contributed by atoms with Gasteiger partial charge in [-0.15, -0.1) is 0 Å². The lowest BCUT2D eigenvalue weighted by Crippen LogP contribution is -2.48. The predicted molar refractivity (Wildman–Crippen MR) is 76.3 cm³/mol. The molecule has 0 aromatic heterocycles. The van der Waals surface area contributed by atoms with Crippen LogP contribution in [-0.4, -0.2) is 36.6 Å². The van der Waals surface area contributed by atoms with E-state index in [0.717, 1.165) is 38.2 Å². The van der Waals surface area contributed by atoms with Gasteiger partial charge in [-0.25, -0.2) is 4.79 Å². The zero-order valence-electron chi connectivity index (χ0n) is 11.3. The maximum atomic E-state index is 12.2. The fourth-order valence-electron chi connectivity index (χ4n) is 3.06. The van der Waals surface area contributed by atoms with Crippen LogP contribution in [0.15, 0.2) is 24.3 Å². The fraction of sp³-hybridized carbons (Fsp3) is 0.467. The Kier molecular flexibility index (Phi) is 3.57. The van der Waals surface area contributed by atoms with E-state index in [9.17, 15) is 4.79 Å². The highest BCUT2D eigenvalue weighted by Crippen LogP contribution is 2.25. The van der Waals surface area contributed by atoms with E-state index in [-0.39, 0.29) is 6.03 Å². The molecule has 0 radical (unpaired) electrons. The second-order valence-electron chi connectivity index (χ2n) is 5.46. The van der Waals surface area contributed by atoms with Gasteiger partial charge in [0.05, 0.1) is 11.6 Å². The number of likely N-dealkylation sites (tertiary alicyclic amines) is 1. The molecule has 2 aliphatic heterocycles. The average Bonchev–Trinajstić information content (AvgIpc) is 2.95. The first-order valence-electron chi connectivity index (χ1n) is 7.06. The van der Waals surface area contributed by atoms with Crippen molar-refractivity contribution in [3.63, 3.8) is 0 Å². The quantitative estimate of drug-likeness (QED) is 0.817. The van der Waals surface area contributed by atoms with E-state index in [1.807, 2.05) is 4.90 Å². The Morgan fingerprint density at radius 1 is 1.35 bits per heavy atom. The molecule has 0 bridgehead atoms. The number of fused-ring (bicyclic) bond motifs is 1. The molecule has 104 valence electrons. The van der Waals surface area contributed by atoms with Crippen LogP contribution < -0.4 is 10.6 Å². The summed E-state index contributed by atoms with van der Waals surface area (Å²) in [7, 11) is 0. The van der Waals surface area contributed by atoms with Crippen LogP contribution >= 0.6 is 0 Å². The van der Waals surface area contributed by atoms with E-state index < -0.39 is 0 Å². The van der Waals surface area contributed by atoms with E-state index in [0.29, 0.717) is 17.5 Å². The Hall–Kier alpha value is -2.06. The van der Waals surface area contributed by atoms with Crippen LogP contribution in [0.1, 0.15) is 18.4 Å². The Labute approximate surface area is 118 Å². The van der Waals surface area contributed by atoms with Crippen molar-refractivity contribution in [1.82, 2.24) is 10.2 Å². The average molecular weight is 270 g/mol. The zero-order chi connectivity index (χ0) is 13.9. The maximum absolute atomic E-state index is 12.2. The number of nitrogens with zero attached hydrogens (tertiary/aromatic N) is 2. The van der Waals surface area contributed by atoms with Gasteiger partial charge in [0.2, 0.25) is 0 Å². The predicted octanol–water partition coefficient (Wildman–Crippen LogP) is 1.77. The minimum Gasteiger partial charge on any atom is -0.324 e. The third-order valence-electron chi connectivity index (χ3n) is 4.21. The van der Waals surface area contributed by atoms with Crippen molar-refractivity contribution in [2.75, 3.05) is 25.0 Å². The molecule has 5 nitrogen and oxygen atoms in total. The Morgan fingerprint density at radius 3 is 2.90 bits per heavy atom. The highest BCUT2D eigenvalue weighted by atomic mass is 16.2. The van der Waals surface area contributed by atoms with Crippen LogP contribution in [-0.2, 0) is 0 Å². The lowest BCUT2D eigenvalue weighted by molar-refractivity contribution is 0.170. The lowest BCUT2D eigenvalue weighted by atomic mass is 9.94. The second-order valence-corrected chi connectivity index (χ2v) is 5.46. The van der Waals surface area contributed by atoms with Crippen LogP contribution in [0.2, 0.25) is 0 Å². The maximum Gasteiger partial charge on any atom is 0.321 e. The standard InChI is InChI=1S/C15H18N4O/c16-9-11-1-3-13(4-2-11)18-15(20)19-8-6-14-12(10-19)5-7-17-14/h1-4,12,14,17H,5-8,10H2,(H,18,20). The van der Waals surface area contributed by atoms with Crippen LogP contribution in [0.5, 0.6) is 0 Å². The van der Waals surface area contributed by atoms with E-state index in [2.05, 4.69) is 16.7 Å². The molecule has 2 fully saturated rings. The lowest BCUT2D eigenvalue weighted by Gasteiger charge is -2.34. The number of hydrogen-bond donors (Lipinski definition) is 2. The van der Waals surface area contributed by atoms with Crippen molar-refractivity contribution in [3.8, 4) is 6.07 Å². The summed E-state index contributed by atoms with van der Waals surface area (Å²) in [5.74, 6) is 0.593. The number of nitrogens with one attached hydrogen (secondary N) is 2. The van der Waals surface area contributed by atoms with Crippen molar-refractivity contribution in [1.29, 1.82) is 5.26 Å². The molecular formula is C15H18N4O. The Balaban J connectivity index is 1.60. The minimum absolute atomic E-state index is 0.0416. The number of piperidine rings is 1. The molecule has 2 heterocycles. The van der Waals surface area contributed by atoms with Crippen LogP contribution in [0.25, 0.3) is 0 Å². The van der Waals surface area contributed by atoms with Crippen LogP contribution in [0, 0.1) is 17.2 Å². The smallest absolute Gasteiger partial charge is 0.321 e. The molecule has 0 spiro atoms.